The summed E-state index contributed by atoms with van der Waals surface area (Å²) in [6, 6.07) is 6.73. The van der Waals surface area contributed by atoms with E-state index in [9.17, 15) is 0 Å². The molecule has 0 saturated carbocycles. The third-order valence-electron chi connectivity index (χ3n) is 3.28. The van der Waals surface area contributed by atoms with E-state index in [1.807, 2.05) is 0 Å². The fraction of sp³-hybridized carbons (Fsp3) is 0.538. The van der Waals surface area contributed by atoms with Crippen molar-refractivity contribution >= 4 is 0 Å². The zero-order chi connectivity index (χ0) is 9.47. The standard InChI is InChI=1S/C13H18/c1-10-6-4-7-11-8-5-9-13(2,3)12(10)11/h4,6-7H,5,8-9H2,1-3H3. The minimum absolute atomic E-state index is 0.402. The maximum absolute atomic E-state index is 2.37. The van der Waals surface area contributed by atoms with Crippen LogP contribution in [0.3, 0.4) is 0 Å². The summed E-state index contributed by atoms with van der Waals surface area (Å²) in [6.45, 7) is 6.99. The van der Waals surface area contributed by atoms with Crippen LogP contribution in [0.25, 0.3) is 0 Å². The van der Waals surface area contributed by atoms with Crippen molar-refractivity contribution in [2.45, 2.75) is 45.4 Å². The fourth-order valence-corrected chi connectivity index (χ4v) is 2.75. The molecule has 0 unspecified atom stereocenters. The molecule has 0 amide bonds. The molecule has 1 aliphatic rings. The van der Waals surface area contributed by atoms with Gasteiger partial charge in [0, 0.05) is 0 Å². The molecule has 0 nitrogen and oxygen atoms in total. The lowest BCUT2D eigenvalue weighted by Crippen LogP contribution is -2.24. The van der Waals surface area contributed by atoms with Crippen molar-refractivity contribution in [3.05, 3.63) is 34.9 Å². The van der Waals surface area contributed by atoms with Gasteiger partial charge in [0.2, 0.25) is 0 Å². The first-order valence-electron chi connectivity index (χ1n) is 5.20. The van der Waals surface area contributed by atoms with E-state index in [4.69, 9.17) is 0 Å². The molecule has 0 spiro atoms. The van der Waals surface area contributed by atoms with Gasteiger partial charge in [-0.25, -0.2) is 0 Å². The molecule has 1 aromatic carbocycles. The van der Waals surface area contributed by atoms with E-state index in [1.54, 1.807) is 11.1 Å². The van der Waals surface area contributed by atoms with Crippen LogP contribution in [0.4, 0.5) is 0 Å². The maximum atomic E-state index is 2.37. The highest BCUT2D eigenvalue weighted by Gasteiger charge is 2.28. The molecular formula is C13H18. The average molecular weight is 174 g/mol. The molecule has 0 atom stereocenters. The van der Waals surface area contributed by atoms with Crippen LogP contribution in [0.5, 0.6) is 0 Å². The van der Waals surface area contributed by atoms with Crippen LogP contribution in [0.1, 0.15) is 43.4 Å². The Kier molecular flexibility index (Phi) is 1.94. The first kappa shape index (κ1) is 8.80. The van der Waals surface area contributed by atoms with Gasteiger partial charge in [0.05, 0.1) is 0 Å². The van der Waals surface area contributed by atoms with Gasteiger partial charge >= 0.3 is 0 Å². The Bertz CT molecular complexity index is 321. The molecule has 0 saturated heterocycles. The van der Waals surface area contributed by atoms with Crippen LogP contribution in [0, 0.1) is 6.92 Å². The molecule has 70 valence electrons. The summed E-state index contributed by atoms with van der Waals surface area (Å²) in [5.41, 5.74) is 5.07. The molecule has 0 heterocycles. The van der Waals surface area contributed by atoms with E-state index >= 15 is 0 Å². The van der Waals surface area contributed by atoms with Crippen molar-refractivity contribution in [3.8, 4) is 0 Å². The van der Waals surface area contributed by atoms with Gasteiger partial charge in [-0.1, -0.05) is 32.0 Å². The number of hydrogen-bond donors (Lipinski definition) is 0. The van der Waals surface area contributed by atoms with E-state index in [0.717, 1.165) is 0 Å². The summed E-state index contributed by atoms with van der Waals surface area (Å²) in [5.74, 6) is 0. The van der Waals surface area contributed by atoms with Gasteiger partial charge in [-0.3, -0.25) is 0 Å². The van der Waals surface area contributed by atoms with Gasteiger partial charge in [0.1, 0.15) is 0 Å². The number of hydrogen-bond acceptors (Lipinski definition) is 0. The number of aryl methyl sites for hydroxylation is 2. The Labute approximate surface area is 81.0 Å². The monoisotopic (exact) mass is 174 g/mol. The lowest BCUT2D eigenvalue weighted by atomic mass is 9.71. The van der Waals surface area contributed by atoms with Gasteiger partial charge < -0.3 is 0 Å². The normalized spacial score (nSPS) is 19.6. The molecule has 1 aromatic rings. The highest BCUT2D eigenvalue weighted by Crippen LogP contribution is 2.38. The second-order valence-corrected chi connectivity index (χ2v) is 4.85. The Morgan fingerprint density at radius 2 is 2.00 bits per heavy atom. The van der Waals surface area contributed by atoms with Gasteiger partial charge in [0.25, 0.3) is 0 Å². The van der Waals surface area contributed by atoms with Crippen molar-refractivity contribution in [3.63, 3.8) is 0 Å². The van der Waals surface area contributed by atoms with Crippen LogP contribution >= 0.6 is 0 Å². The van der Waals surface area contributed by atoms with Crippen molar-refractivity contribution in [1.82, 2.24) is 0 Å². The minimum Gasteiger partial charge on any atom is -0.0617 e. The van der Waals surface area contributed by atoms with Gasteiger partial charge in [0.15, 0.2) is 0 Å². The smallest absolute Gasteiger partial charge is 0.00981 e. The average Bonchev–Trinajstić information content (AvgIpc) is 2.02. The van der Waals surface area contributed by atoms with E-state index < -0.39 is 0 Å². The van der Waals surface area contributed by atoms with Gasteiger partial charge in [-0.2, -0.15) is 0 Å². The zero-order valence-electron chi connectivity index (χ0n) is 8.85. The summed E-state index contributed by atoms with van der Waals surface area (Å²) in [7, 11) is 0. The quantitative estimate of drug-likeness (QED) is 0.563. The second-order valence-electron chi connectivity index (χ2n) is 4.85. The summed E-state index contributed by atoms with van der Waals surface area (Å²) < 4.78 is 0. The highest BCUT2D eigenvalue weighted by molar-refractivity contribution is 5.41. The molecule has 13 heavy (non-hydrogen) atoms. The number of fused-ring (bicyclic) bond motifs is 1. The minimum atomic E-state index is 0.402. The molecule has 1 aliphatic carbocycles. The molecular weight excluding hydrogens is 156 g/mol. The molecule has 0 bridgehead atoms. The van der Waals surface area contributed by atoms with Crippen LogP contribution in [-0.4, -0.2) is 0 Å². The Morgan fingerprint density at radius 3 is 2.69 bits per heavy atom. The zero-order valence-corrected chi connectivity index (χ0v) is 8.85. The van der Waals surface area contributed by atoms with Crippen LogP contribution in [-0.2, 0) is 11.8 Å². The van der Waals surface area contributed by atoms with Crippen molar-refractivity contribution < 1.29 is 0 Å². The molecule has 0 aromatic heterocycles. The summed E-state index contributed by atoms with van der Waals surface area (Å²) in [4.78, 5) is 0. The summed E-state index contributed by atoms with van der Waals surface area (Å²) in [6.07, 6.45) is 3.97. The van der Waals surface area contributed by atoms with Crippen LogP contribution in [0.2, 0.25) is 0 Å². The van der Waals surface area contributed by atoms with E-state index in [-0.39, 0.29) is 0 Å². The number of benzene rings is 1. The largest absolute Gasteiger partial charge is 0.0617 e. The fourth-order valence-electron chi connectivity index (χ4n) is 2.75. The van der Waals surface area contributed by atoms with Crippen molar-refractivity contribution in [2.24, 2.45) is 0 Å². The van der Waals surface area contributed by atoms with Crippen LogP contribution < -0.4 is 0 Å². The molecule has 2 rings (SSSR count). The Morgan fingerprint density at radius 1 is 1.23 bits per heavy atom. The maximum Gasteiger partial charge on any atom is -0.00981 e. The van der Waals surface area contributed by atoms with Crippen molar-refractivity contribution in [2.75, 3.05) is 0 Å². The highest BCUT2D eigenvalue weighted by atomic mass is 14.3. The SMILES string of the molecule is Cc1cccc2c1C(C)(C)CCC2. The van der Waals surface area contributed by atoms with E-state index in [0.29, 0.717) is 5.41 Å². The third-order valence-corrected chi connectivity index (χ3v) is 3.28. The Balaban J connectivity index is 2.61. The second kappa shape index (κ2) is 2.87. The Hall–Kier alpha value is -0.780. The van der Waals surface area contributed by atoms with Gasteiger partial charge in [-0.15, -0.1) is 0 Å². The molecule has 0 fully saturated rings. The van der Waals surface area contributed by atoms with E-state index in [1.165, 1.54) is 24.8 Å². The first-order valence-corrected chi connectivity index (χ1v) is 5.20. The van der Waals surface area contributed by atoms with Gasteiger partial charge in [-0.05, 0) is 48.3 Å². The van der Waals surface area contributed by atoms with Crippen molar-refractivity contribution in [1.29, 1.82) is 0 Å². The summed E-state index contributed by atoms with van der Waals surface area (Å²) >= 11 is 0. The predicted octanol–water partition coefficient (Wildman–Crippen LogP) is 3.61. The lowest BCUT2D eigenvalue weighted by Gasteiger charge is -2.34. The molecule has 0 heteroatoms. The topological polar surface area (TPSA) is 0 Å². The summed E-state index contributed by atoms with van der Waals surface area (Å²) in [5, 5.41) is 0. The molecule has 0 aliphatic heterocycles. The number of rotatable bonds is 0. The lowest BCUT2D eigenvalue weighted by molar-refractivity contribution is 0.429. The molecule has 0 radical (unpaired) electrons. The van der Waals surface area contributed by atoms with E-state index in [2.05, 4.69) is 39.0 Å². The predicted molar refractivity (Wildman–Crippen MR) is 57.1 cm³/mol. The third kappa shape index (κ3) is 1.39. The molecule has 0 N–H and O–H groups in total. The van der Waals surface area contributed by atoms with Crippen LogP contribution in [0.15, 0.2) is 18.2 Å². The first-order chi connectivity index (χ1) is 6.11.